The first-order valence-electron chi connectivity index (χ1n) is 9.20. The first-order valence-corrected chi connectivity index (χ1v) is 10.6. The van der Waals surface area contributed by atoms with Crippen molar-refractivity contribution in [3.8, 4) is 0 Å². The highest BCUT2D eigenvalue weighted by molar-refractivity contribution is 7.88. The molecule has 0 radical (unpaired) electrons. The molecule has 1 saturated heterocycles. The summed E-state index contributed by atoms with van der Waals surface area (Å²) in [4.78, 5) is 12.3. The van der Waals surface area contributed by atoms with Crippen LogP contribution in [0.4, 0.5) is 26.3 Å². The standard InChI is InChI=1S/C16H18F6O7S/c17-15(18,19)14(16(20,21)22,30(24,25)26)11(23)29-12-5-8-3-9(6-12)13(10(4-8)7-12)27-1-2-28-13/h8-10H,1-7H2,(H,24,25,26). The zero-order valence-corrected chi connectivity index (χ0v) is 16.1. The molecule has 7 nitrogen and oxygen atoms in total. The number of hydrogen-bond donors (Lipinski definition) is 1. The van der Waals surface area contributed by atoms with Crippen LogP contribution < -0.4 is 0 Å². The Morgan fingerprint density at radius 3 is 1.80 bits per heavy atom. The summed E-state index contributed by atoms with van der Waals surface area (Å²) in [5, 5.41) is 0. The third kappa shape index (κ3) is 2.75. The van der Waals surface area contributed by atoms with E-state index in [4.69, 9.17) is 18.8 Å². The summed E-state index contributed by atoms with van der Waals surface area (Å²) in [5.41, 5.74) is -1.72. The molecule has 1 N–H and O–H groups in total. The summed E-state index contributed by atoms with van der Waals surface area (Å²) >= 11 is 0. The van der Waals surface area contributed by atoms with Gasteiger partial charge in [-0.1, -0.05) is 0 Å². The van der Waals surface area contributed by atoms with Crippen LogP contribution in [0.25, 0.3) is 0 Å². The average molecular weight is 468 g/mol. The van der Waals surface area contributed by atoms with Crippen molar-refractivity contribution >= 4 is 16.1 Å². The first-order chi connectivity index (χ1) is 13.6. The molecule has 4 aliphatic carbocycles. The normalized spacial score (nSPS) is 35.8. The van der Waals surface area contributed by atoms with Crippen LogP contribution in [-0.4, -0.2) is 60.6 Å². The fourth-order valence-corrected chi connectivity index (χ4v) is 6.79. The molecule has 1 heterocycles. The molecular formula is C16H18F6O7S. The van der Waals surface area contributed by atoms with Gasteiger partial charge in [0.25, 0.3) is 0 Å². The van der Waals surface area contributed by atoms with E-state index < -0.39 is 56.4 Å². The van der Waals surface area contributed by atoms with Crippen LogP contribution >= 0.6 is 0 Å². The van der Waals surface area contributed by atoms with Crippen molar-refractivity contribution < 1.29 is 58.3 Å². The minimum atomic E-state index is -7.02. The summed E-state index contributed by atoms with van der Waals surface area (Å²) in [6.07, 6.45) is -12.6. The fraction of sp³-hybridized carbons (Fsp3) is 0.938. The van der Waals surface area contributed by atoms with Crippen molar-refractivity contribution in [1.29, 1.82) is 0 Å². The minimum absolute atomic E-state index is 0.000902. The van der Waals surface area contributed by atoms with E-state index in [1.165, 1.54) is 0 Å². The molecule has 4 bridgehead atoms. The summed E-state index contributed by atoms with van der Waals surface area (Å²) in [6.45, 7) is 0.580. The smallest absolute Gasteiger partial charge is 0.430 e. The van der Waals surface area contributed by atoms with Crippen LogP contribution in [0.3, 0.4) is 0 Å². The molecule has 0 aromatic rings. The quantitative estimate of drug-likeness (QED) is 0.386. The fourth-order valence-electron chi connectivity index (χ4n) is 5.95. The van der Waals surface area contributed by atoms with Crippen molar-refractivity contribution in [2.24, 2.45) is 17.8 Å². The topological polar surface area (TPSA) is 99.1 Å². The molecule has 1 spiro atoms. The molecule has 14 heteroatoms. The predicted octanol–water partition coefficient (Wildman–Crippen LogP) is 2.60. The molecule has 30 heavy (non-hydrogen) atoms. The van der Waals surface area contributed by atoms with Gasteiger partial charge in [-0.3, -0.25) is 4.55 Å². The average Bonchev–Trinajstić information content (AvgIpc) is 2.98. The Labute approximate surface area is 166 Å². The third-order valence-electron chi connectivity index (χ3n) is 6.79. The van der Waals surface area contributed by atoms with Gasteiger partial charge in [-0.05, 0) is 38.0 Å². The van der Waals surface area contributed by atoms with Crippen LogP contribution in [0, 0.1) is 17.8 Å². The van der Waals surface area contributed by atoms with Crippen LogP contribution in [0.1, 0.15) is 32.1 Å². The minimum Gasteiger partial charge on any atom is -0.457 e. The van der Waals surface area contributed by atoms with Gasteiger partial charge in [0, 0.05) is 11.8 Å². The van der Waals surface area contributed by atoms with Gasteiger partial charge in [-0.15, -0.1) is 0 Å². The van der Waals surface area contributed by atoms with Crippen LogP contribution in [-0.2, 0) is 29.1 Å². The van der Waals surface area contributed by atoms with Gasteiger partial charge in [0.15, 0.2) is 5.79 Å². The lowest BCUT2D eigenvalue weighted by atomic mass is 9.51. The van der Waals surface area contributed by atoms with E-state index in [0.717, 1.165) is 0 Å². The molecule has 5 aliphatic rings. The second-order valence-corrected chi connectivity index (χ2v) is 10.0. The van der Waals surface area contributed by atoms with Gasteiger partial charge in [0.1, 0.15) is 5.60 Å². The largest absolute Gasteiger partial charge is 0.457 e. The number of halogens is 6. The zero-order chi connectivity index (χ0) is 22.4. The number of rotatable bonds is 3. The Morgan fingerprint density at radius 2 is 1.40 bits per heavy atom. The van der Waals surface area contributed by atoms with Crippen LogP contribution in [0.5, 0.6) is 0 Å². The SMILES string of the molecule is O=C(OC12CC3CC(C1)C1(OCCO1)C(C3)C2)C(C(F)(F)F)(C(F)(F)F)S(=O)(=O)O. The maximum absolute atomic E-state index is 13.4. The summed E-state index contributed by atoms with van der Waals surface area (Å²) in [5.74, 6) is -5.09. The van der Waals surface area contributed by atoms with E-state index in [1.54, 1.807) is 0 Å². The van der Waals surface area contributed by atoms with E-state index in [1.807, 2.05) is 0 Å². The molecule has 5 rings (SSSR count). The number of carbonyl (C=O) groups is 1. The Balaban J connectivity index is 1.71. The van der Waals surface area contributed by atoms with Crippen molar-refractivity contribution in [2.45, 2.75) is 60.6 Å². The molecular weight excluding hydrogens is 450 g/mol. The van der Waals surface area contributed by atoms with E-state index in [2.05, 4.69) is 0 Å². The van der Waals surface area contributed by atoms with Crippen LogP contribution in [0.2, 0.25) is 0 Å². The Morgan fingerprint density at radius 1 is 0.933 bits per heavy atom. The lowest BCUT2D eigenvalue weighted by Gasteiger charge is -2.62. The molecule has 0 aromatic carbocycles. The Kier molecular flexibility index (Phi) is 4.58. The molecule has 2 atom stereocenters. The van der Waals surface area contributed by atoms with Gasteiger partial charge in [0.05, 0.1) is 13.2 Å². The summed E-state index contributed by atoms with van der Waals surface area (Å²) < 4.78 is 122. The maximum Gasteiger partial charge on any atom is 0.430 e. The van der Waals surface area contributed by atoms with Gasteiger partial charge >= 0.3 is 33.2 Å². The van der Waals surface area contributed by atoms with E-state index >= 15 is 0 Å². The molecule has 0 aromatic heterocycles. The predicted molar refractivity (Wildman–Crippen MR) is 83.4 cm³/mol. The van der Waals surface area contributed by atoms with Crippen LogP contribution in [0.15, 0.2) is 0 Å². The molecule has 172 valence electrons. The van der Waals surface area contributed by atoms with Crippen molar-refractivity contribution in [1.82, 2.24) is 0 Å². The molecule has 5 fully saturated rings. The number of carbonyl (C=O) groups excluding carboxylic acids is 1. The van der Waals surface area contributed by atoms with E-state index in [-0.39, 0.29) is 25.2 Å². The van der Waals surface area contributed by atoms with E-state index in [0.29, 0.717) is 26.1 Å². The van der Waals surface area contributed by atoms with Gasteiger partial charge in [-0.2, -0.15) is 34.8 Å². The highest BCUT2D eigenvalue weighted by atomic mass is 32.2. The number of alkyl halides is 6. The second kappa shape index (κ2) is 6.23. The zero-order valence-electron chi connectivity index (χ0n) is 15.3. The summed E-state index contributed by atoms with van der Waals surface area (Å²) in [6, 6.07) is 0. The highest BCUT2D eigenvalue weighted by Crippen LogP contribution is 2.64. The Bertz CT molecular complexity index is 813. The van der Waals surface area contributed by atoms with Crippen molar-refractivity contribution in [2.75, 3.05) is 13.2 Å². The lowest BCUT2D eigenvalue weighted by Crippen LogP contribution is -2.70. The first kappa shape index (κ1) is 22.1. The highest BCUT2D eigenvalue weighted by Gasteiger charge is 2.85. The molecule has 0 amide bonds. The number of hydrogen-bond acceptors (Lipinski definition) is 6. The lowest BCUT2D eigenvalue weighted by molar-refractivity contribution is -0.320. The van der Waals surface area contributed by atoms with Gasteiger partial charge in [-0.25, -0.2) is 4.79 Å². The van der Waals surface area contributed by atoms with Gasteiger partial charge < -0.3 is 14.2 Å². The monoisotopic (exact) mass is 468 g/mol. The maximum atomic E-state index is 13.4. The molecule has 1 aliphatic heterocycles. The van der Waals surface area contributed by atoms with Gasteiger partial charge in [0.2, 0.25) is 0 Å². The third-order valence-corrected chi connectivity index (χ3v) is 8.20. The Hall–Kier alpha value is -1.12. The second-order valence-electron chi connectivity index (χ2n) is 8.49. The van der Waals surface area contributed by atoms with E-state index in [9.17, 15) is 39.6 Å². The molecule has 2 unspecified atom stereocenters. The van der Waals surface area contributed by atoms with Crippen molar-refractivity contribution in [3.63, 3.8) is 0 Å². The summed E-state index contributed by atoms with van der Waals surface area (Å²) in [7, 11) is -7.02. The number of esters is 1. The number of ether oxygens (including phenoxy) is 3. The van der Waals surface area contributed by atoms with Crippen molar-refractivity contribution in [3.05, 3.63) is 0 Å². The molecule has 4 saturated carbocycles.